The van der Waals surface area contributed by atoms with E-state index in [2.05, 4.69) is 15.9 Å². The van der Waals surface area contributed by atoms with Crippen molar-refractivity contribution in [3.63, 3.8) is 0 Å². The monoisotopic (exact) mass is 360 g/mol. The predicted octanol–water partition coefficient (Wildman–Crippen LogP) is 4.30. The summed E-state index contributed by atoms with van der Waals surface area (Å²) in [7, 11) is 0. The molecular formula is C15H18BrClO3. The molecule has 20 heavy (non-hydrogen) atoms. The van der Waals surface area contributed by atoms with Crippen LogP contribution in [0.15, 0.2) is 22.7 Å². The van der Waals surface area contributed by atoms with Gasteiger partial charge in [-0.05, 0) is 30.5 Å². The van der Waals surface area contributed by atoms with Crippen LogP contribution in [0.4, 0.5) is 0 Å². The Morgan fingerprint density at radius 1 is 1.25 bits per heavy atom. The van der Waals surface area contributed by atoms with Crippen LogP contribution in [0.5, 0.6) is 0 Å². The standard InChI is InChI=1S/C15H18BrClO3/c16-12-2-1-11(14(17)9-12)10-18-13-3-5-15(6-4-13)19-7-8-20-15/h1-2,9,13H,3-8,10H2. The first-order valence-electron chi connectivity index (χ1n) is 7.00. The molecule has 1 spiro atoms. The maximum absolute atomic E-state index is 6.20. The second-order valence-electron chi connectivity index (χ2n) is 5.35. The van der Waals surface area contributed by atoms with Crippen LogP contribution in [0.2, 0.25) is 5.02 Å². The third kappa shape index (κ3) is 3.37. The molecule has 1 heterocycles. The topological polar surface area (TPSA) is 27.7 Å². The highest BCUT2D eigenvalue weighted by molar-refractivity contribution is 9.10. The number of rotatable bonds is 3. The minimum absolute atomic E-state index is 0.271. The normalized spacial score (nSPS) is 22.5. The third-order valence-electron chi connectivity index (χ3n) is 4.00. The fraction of sp³-hybridized carbons (Fsp3) is 0.600. The molecule has 0 bridgehead atoms. The average Bonchev–Trinajstić information content (AvgIpc) is 2.88. The second kappa shape index (κ2) is 6.32. The zero-order chi connectivity index (χ0) is 14.0. The molecule has 1 aromatic carbocycles. The van der Waals surface area contributed by atoms with Crippen molar-refractivity contribution in [3.05, 3.63) is 33.3 Å². The van der Waals surface area contributed by atoms with Crippen LogP contribution in [-0.2, 0) is 20.8 Å². The number of hydrogen-bond acceptors (Lipinski definition) is 3. The lowest BCUT2D eigenvalue weighted by atomic mass is 9.92. The van der Waals surface area contributed by atoms with Crippen LogP contribution in [0, 0.1) is 0 Å². The Hall–Kier alpha value is -0.130. The zero-order valence-electron chi connectivity index (χ0n) is 11.2. The Bertz CT molecular complexity index is 464. The van der Waals surface area contributed by atoms with E-state index in [1.807, 2.05) is 18.2 Å². The molecule has 0 atom stereocenters. The molecule has 2 aliphatic rings. The summed E-state index contributed by atoms with van der Waals surface area (Å²) in [5, 5.41) is 0.745. The Morgan fingerprint density at radius 2 is 1.95 bits per heavy atom. The van der Waals surface area contributed by atoms with Crippen LogP contribution in [-0.4, -0.2) is 25.1 Å². The minimum Gasteiger partial charge on any atom is -0.373 e. The summed E-state index contributed by atoms with van der Waals surface area (Å²) in [5.41, 5.74) is 1.03. The first-order chi connectivity index (χ1) is 9.67. The summed E-state index contributed by atoms with van der Waals surface area (Å²) in [6.45, 7) is 2.01. The zero-order valence-corrected chi connectivity index (χ0v) is 13.6. The SMILES string of the molecule is Clc1cc(Br)ccc1COC1CCC2(CC1)OCCO2. The molecule has 0 amide bonds. The van der Waals surface area contributed by atoms with Gasteiger partial charge in [-0.3, -0.25) is 0 Å². The molecule has 2 fully saturated rings. The van der Waals surface area contributed by atoms with E-state index in [0.29, 0.717) is 6.61 Å². The lowest BCUT2D eigenvalue weighted by molar-refractivity contribution is -0.192. The maximum Gasteiger partial charge on any atom is 0.168 e. The Kier molecular flexibility index (Phi) is 4.68. The van der Waals surface area contributed by atoms with E-state index in [4.69, 9.17) is 25.8 Å². The van der Waals surface area contributed by atoms with Crippen molar-refractivity contribution in [1.29, 1.82) is 0 Å². The maximum atomic E-state index is 6.20. The van der Waals surface area contributed by atoms with Crippen LogP contribution in [0.1, 0.15) is 31.2 Å². The van der Waals surface area contributed by atoms with Crippen molar-refractivity contribution in [2.24, 2.45) is 0 Å². The highest BCUT2D eigenvalue weighted by atomic mass is 79.9. The van der Waals surface area contributed by atoms with Gasteiger partial charge < -0.3 is 14.2 Å². The van der Waals surface area contributed by atoms with E-state index in [1.54, 1.807) is 0 Å². The summed E-state index contributed by atoms with van der Waals surface area (Å²) in [6, 6.07) is 5.89. The van der Waals surface area contributed by atoms with Gasteiger partial charge in [-0.2, -0.15) is 0 Å². The highest BCUT2D eigenvalue weighted by Gasteiger charge is 2.40. The molecule has 3 rings (SSSR count). The Labute approximate surface area is 132 Å². The number of benzene rings is 1. The molecule has 3 nitrogen and oxygen atoms in total. The first kappa shape index (κ1) is 14.8. The molecule has 1 saturated carbocycles. The summed E-state index contributed by atoms with van der Waals surface area (Å²) in [5.74, 6) is -0.310. The lowest BCUT2D eigenvalue weighted by Gasteiger charge is -2.35. The van der Waals surface area contributed by atoms with Gasteiger partial charge in [0.25, 0.3) is 0 Å². The van der Waals surface area contributed by atoms with Gasteiger partial charge in [0, 0.05) is 22.3 Å². The third-order valence-corrected chi connectivity index (χ3v) is 4.84. The van der Waals surface area contributed by atoms with Gasteiger partial charge in [-0.1, -0.05) is 33.6 Å². The summed E-state index contributed by atoms with van der Waals surface area (Å²) < 4.78 is 18.4. The van der Waals surface area contributed by atoms with E-state index >= 15 is 0 Å². The summed E-state index contributed by atoms with van der Waals surface area (Å²) in [4.78, 5) is 0. The number of hydrogen-bond donors (Lipinski definition) is 0. The predicted molar refractivity (Wildman–Crippen MR) is 80.8 cm³/mol. The molecule has 1 aromatic rings. The largest absolute Gasteiger partial charge is 0.373 e. The number of ether oxygens (including phenoxy) is 3. The van der Waals surface area contributed by atoms with Crippen molar-refractivity contribution in [3.8, 4) is 0 Å². The van der Waals surface area contributed by atoms with Gasteiger partial charge >= 0.3 is 0 Å². The summed E-state index contributed by atoms with van der Waals surface area (Å²) >= 11 is 9.60. The summed E-state index contributed by atoms with van der Waals surface area (Å²) in [6.07, 6.45) is 4.08. The fourth-order valence-corrected chi connectivity index (χ4v) is 3.56. The lowest BCUT2D eigenvalue weighted by Crippen LogP contribution is -2.37. The van der Waals surface area contributed by atoms with Gasteiger partial charge in [0.05, 0.1) is 25.9 Å². The molecule has 0 N–H and O–H groups in total. The smallest absolute Gasteiger partial charge is 0.168 e. The van der Waals surface area contributed by atoms with Gasteiger partial charge in [0.1, 0.15) is 0 Å². The van der Waals surface area contributed by atoms with E-state index in [0.717, 1.165) is 54.0 Å². The molecule has 5 heteroatoms. The van der Waals surface area contributed by atoms with Crippen LogP contribution >= 0.6 is 27.5 Å². The molecular weight excluding hydrogens is 344 g/mol. The molecule has 110 valence electrons. The van der Waals surface area contributed by atoms with Crippen molar-refractivity contribution >= 4 is 27.5 Å². The average molecular weight is 362 g/mol. The highest BCUT2D eigenvalue weighted by Crippen LogP contribution is 2.37. The van der Waals surface area contributed by atoms with Gasteiger partial charge in [-0.25, -0.2) is 0 Å². The Balaban J connectivity index is 1.50. The molecule has 0 radical (unpaired) electrons. The molecule has 0 aromatic heterocycles. The minimum atomic E-state index is -0.310. The molecule has 1 aliphatic heterocycles. The van der Waals surface area contributed by atoms with Gasteiger partial charge in [0.15, 0.2) is 5.79 Å². The van der Waals surface area contributed by atoms with Gasteiger partial charge in [0.2, 0.25) is 0 Å². The van der Waals surface area contributed by atoms with Crippen molar-refractivity contribution in [2.75, 3.05) is 13.2 Å². The van der Waals surface area contributed by atoms with Crippen LogP contribution in [0.3, 0.4) is 0 Å². The van der Waals surface area contributed by atoms with Crippen molar-refractivity contribution in [2.45, 2.75) is 44.2 Å². The Morgan fingerprint density at radius 3 is 2.60 bits per heavy atom. The first-order valence-corrected chi connectivity index (χ1v) is 8.17. The van der Waals surface area contributed by atoms with E-state index in [9.17, 15) is 0 Å². The molecule has 1 saturated heterocycles. The van der Waals surface area contributed by atoms with E-state index < -0.39 is 0 Å². The van der Waals surface area contributed by atoms with Gasteiger partial charge in [-0.15, -0.1) is 0 Å². The second-order valence-corrected chi connectivity index (χ2v) is 6.68. The van der Waals surface area contributed by atoms with Crippen LogP contribution in [0.25, 0.3) is 0 Å². The number of halogens is 2. The molecule has 0 unspecified atom stereocenters. The van der Waals surface area contributed by atoms with Crippen molar-refractivity contribution in [1.82, 2.24) is 0 Å². The fourth-order valence-electron chi connectivity index (χ4n) is 2.83. The van der Waals surface area contributed by atoms with E-state index in [1.165, 1.54) is 0 Å². The quantitative estimate of drug-likeness (QED) is 0.803. The van der Waals surface area contributed by atoms with Crippen molar-refractivity contribution < 1.29 is 14.2 Å². The van der Waals surface area contributed by atoms with Crippen LogP contribution < -0.4 is 0 Å². The molecule has 1 aliphatic carbocycles. The van der Waals surface area contributed by atoms with E-state index in [-0.39, 0.29) is 11.9 Å².